The quantitative estimate of drug-likeness (QED) is 0.892. The first kappa shape index (κ1) is 14.6. The molecule has 0 heterocycles. The zero-order valence-electron chi connectivity index (χ0n) is 12.5. The van der Waals surface area contributed by atoms with Crippen molar-refractivity contribution in [2.45, 2.75) is 26.3 Å². The molecule has 0 radical (unpaired) electrons. The second kappa shape index (κ2) is 6.58. The summed E-state index contributed by atoms with van der Waals surface area (Å²) in [7, 11) is 1.67. The number of ether oxygens (including phenoxy) is 1. The van der Waals surface area contributed by atoms with Gasteiger partial charge < -0.3 is 10.5 Å². The van der Waals surface area contributed by atoms with Crippen LogP contribution in [-0.2, 0) is 6.42 Å². The highest BCUT2D eigenvalue weighted by Crippen LogP contribution is 2.23. The standard InChI is InChI=1S/C18H23NO/c1-13(2)11-14-7-9-15(10-8-14)18(19)16-5-4-6-17(12-16)20-3/h4-10,12-13,18H,11,19H2,1-3H3. The van der Waals surface area contributed by atoms with E-state index in [1.807, 2.05) is 24.3 Å². The maximum Gasteiger partial charge on any atom is 0.119 e. The van der Waals surface area contributed by atoms with Crippen molar-refractivity contribution in [3.8, 4) is 5.75 Å². The predicted octanol–water partition coefficient (Wildman–Crippen LogP) is 3.94. The van der Waals surface area contributed by atoms with E-state index in [0.717, 1.165) is 23.3 Å². The Morgan fingerprint density at radius 2 is 1.70 bits per heavy atom. The SMILES string of the molecule is COc1cccc(C(N)c2ccc(CC(C)C)cc2)c1. The highest BCUT2D eigenvalue weighted by Gasteiger charge is 2.09. The lowest BCUT2D eigenvalue weighted by Crippen LogP contribution is -2.12. The molecule has 20 heavy (non-hydrogen) atoms. The van der Waals surface area contributed by atoms with Crippen molar-refractivity contribution < 1.29 is 4.74 Å². The van der Waals surface area contributed by atoms with Gasteiger partial charge in [0.1, 0.15) is 5.75 Å². The van der Waals surface area contributed by atoms with Gasteiger partial charge in [0.15, 0.2) is 0 Å². The Morgan fingerprint density at radius 3 is 2.30 bits per heavy atom. The maximum atomic E-state index is 6.34. The molecular formula is C18H23NO. The molecular weight excluding hydrogens is 246 g/mol. The first-order valence-electron chi connectivity index (χ1n) is 7.08. The van der Waals surface area contributed by atoms with Crippen LogP contribution in [0.1, 0.15) is 36.6 Å². The Hall–Kier alpha value is -1.80. The molecule has 2 rings (SSSR count). The van der Waals surface area contributed by atoms with Crippen molar-refractivity contribution in [1.82, 2.24) is 0 Å². The van der Waals surface area contributed by atoms with Crippen LogP contribution in [-0.4, -0.2) is 7.11 Å². The van der Waals surface area contributed by atoms with E-state index in [0.29, 0.717) is 5.92 Å². The number of benzene rings is 2. The smallest absolute Gasteiger partial charge is 0.119 e. The van der Waals surface area contributed by atoms with Gasteiger partial charge in [-0.2, -0.15) is 0 Å². The topological polar surface area (TPSA) is 35.2 Å². The Bertz CT molecular complexity index is 546. The molecule has 0 bridgehead atoms. The summed E-state index contributed by atoms with van der Waals surface area (Å²) in [6, 6.07) is 16.4. The number of hydrogen-bond donors (Lipinski definition) is 1. The summed E-state index contributed by atoms with van der Waals surface area (Å²) in [5, 5.41) is 0. The van der Waals surface area contributed by atoms with Crippen molar-refractivity contribution in [2.75, 3.05) is 7.11 Å². The Labute approximate surface area is 121 Å². The van der Waals surface area contributed by atoms with E-state index < -0.39 is 0 Å². The summed E-state index contributed by atoms with van der Waals surface area (Å²) in [5.41, 5.74) is 9.90. The fourth-order valence-electron chi connectivity index (χ4n) is 2.36. The van der Waals surface area contributed by atoms with Gasteiger partial charge in [-0.15, -0.1) is 0 Å². The summed E-state index contributed by atoms with van der Waals surface area (Å²) < 4.78 is 5.25. The minimum atomic E-state index is -0.113. The molecule has 1 unspecified atom stereocenters. The molecule has 2 heteroatoms. The zero-order chi connectivity index (χ0) is 14.5. The van der Waals surface area contributed by atoms with Crippen LogP contribution >= 0.6 is 0 Å². The molecule has 0 aliphatic rings. The molecule has 1 atom stereocenters. The van der Waals surface area contributed by atoms with E-state index in [9.17, 15) is 0 Å². The lowest BCUT2D eigenvalue weighted by Gasteiger charge is -2.14. The summed E-state index contributed by atoms with van der Waals surface area (Å²) in [6.07, 6.45) is 1.11. The van der Waals surface area contributed by atoms with Crippen LogP contribution in [0.3, 0.4) is 0 Å². The summed E-state index contributed by atoms with van der Waals surface area (Å²) >= 11 is 0. The third-order valence-corrected chi connectivity index (χ3v) is 3.44. The Kier molecular flexibility index (Phi) is 4.80. The van der Waals surface area contributed by atoms with Gasteiger partial charge in [-0.05, 0) is 41.2 Å². The molecule has 0 aromatic heterocycles. The van der Waals surface area contributed by atoms with Crippen LogP contribution in [0.5, 0.6) is 5.75 Å². The van der Waals surface area contributed by atoms with Crippen LogP contribution < -0.4 is 10.5 Å². The second-order valence-corrected chi connectivity index (χ2v) is 5.59. The van der Waals surface area contributed by atoms with Crippen LogP contribution in [0, 0.1) is 5.92 Å². The molecule has 0 aliphatic carbocycles. The molecule has 0 saturated heterocycles. The van der Waals surface area contributed by atoms with Gasteiger partial charge in [-0.3, -0.25) is 0 Å². The third-order valence-electron chi connectivity index (χ3n) is 3.44. The largest absolute Gasteiger partial charge is 0.497 e. The van der Waals surface area contributed by atoms with Crippen LogP contribution in [0.15, 0.2) is 48.5 Å². The molecule has 2 aromatic carbocycles. The minimum absolute atomic E-state index is 0.113. The number of rotatable bonds is 5. The molecule has 0 saturated carbocycles. The normalized spacial score (nSPS) is 12.4. The van der Waals surface area contributed by atoms with Gasteiger partial charge in [0.2, 0.25) is 0 Å². The van der Waals surface area contributed by atoms with Crippen LogP contribution in [0.4, 0.5) is 0 Å². The average molecular weight is 269 g/mol. The molecule has 106 valence electrons. The van der Waals surface area contributed by atoms with Crippen molar-refractivity contribution in [2.24, 2.45) is 11.7 Å². The van der Waals surface area contributed by atoms with Crippen molar-refractivity contribution in [1.29, 1.82) is 0 Å². The molecule has 0 spiro atoms. The summed E-state index contributed by atoms with van der Waals surface area (Å²) in [6.45, 7) is 4.46. The number of methoxy groups -OCH3 is 1. The first-order chi connectivity index (χ1) is 9.60. The summed E-state index contributed by atoms with van der Waals surface area (Å²) in [5.74, 6) is 1.52. The van der Waals surface area contributed by atoms with Crippen molar-refractivity contribution in [3.63, 3.8) is 0 Å². The molecule has 0 aliphatic heterocycles. The highest BCUT2D eigenvalue weighted by molar-refractivity contribution is 5.37. The zero-order valence-corrected chi connectivity index (χ0v) is 12.5. The summed E-state index contributed by atoms with van der Waals surface area (Å²) in [4.78, 5) is 0. The van der Waals surface area contributed by atoms with E-state index in [1.165, 1.54) is 5.56 Å². The van der Waals surface area contributed by atoms with Gasteiger partial charge in [0.25, 0.3) is 0 Å². The van der Waals surface area contributed by atoms with E-state index in [2.05, 4.69) is 38.1 Å². The molecule has 2 nitrogen and oxygen atoms in total. The minimum Gasteiger partial charge on any atom is -0.497 e. The number of hydrogen-bond acceptors (Lipinski definition) is 2. The predicted molar refractivity (Wildman–Crippen MR) is 84.0 cm³/mol. The molecule has 0 amide bonds. The van der Waals surface area contributed by atoms with Crippen molar-refractivity contribution in [3.05, 3.63) is 65.2 Å². The lowest BCUT2D eigenvalue weighted by atomic mass is 9.96. The molecule has 2 aromatic rings. The van der Waals surface area contributed by atoms with Gasteiger partial charge in [-0.25, -0.2) is 0 Å². The number of nitrogens with two attached hydrogens (primary N) is 1. The molecule has 2 N–H and O–H groups in total. The van der Waals surface area contributed by atoms with Crippen LogP contribution in [0.25, 0.3) is 0 Å². The van der Waals surface area contributed by atoms with Gasteiger partial charge in [-0.1, -0.05) is 50.2 Å². The average Bonchev–Trinajstić information content (AvgIpc) is 2.47. The fraction of sp³-hybridized carbons (Fsp3) is 0.333. The highest BCUT2D eigenvalue weighted by atomic mass is 16.5. The Morgan fingerprint density at radius 1 is 1.00 bits per heavy atom. The Balaban J connectivity index is 2.17. The third kappa shape index (κ3) is 3.61. The lowest BCUT2D eigenvalue weighted by molar-refractivity contribution is 0.414. The van der Waals surface area contributed by atoms with Gasteiger partial charge in [0, 0.05) is 0 Å². The van der Waals surface area contributed by atoms with E-state index in [4.69, 9.17) is 10.5 Å². The monoisotopic (exact) mass is 269 g/mol. The van der Waals surface area contributed by atoms with Gasteiger partial charge >= 0.3 is 0 Å². The van der Waals surface area contributed by atoms with E-state index >= 15 is 0 Å². The van der Waals surface area contributed by atoms with Crippen molar-refractivity contribution >= 4 is 0 Å². The van der Waals surface area contributed by atoms with Crippen LogP contribution in [0.2, 0.25) is 0 Å². The molecule has 0 fully saturated rings. The second-order valence-electron chi connectivity index (χ2n) is 5.59. The maximum absolute atomic E-state index is 6.34. The first-order valence-corrected chi connectivity index (χ1v) is 7.08. The van der Waals surface area contributed by atoms with E-state index in [-0.39, 0.29) is 6.04 Å². The van der Waals surface area contributed by atoms with Gasteiger partial charge in [0.05, 0.1) is 13.2 Å². The van der Waals surface area contributed by atoms with E-state index in [1.54, 1.807) is 7.11 Å². The fourth-order valence-corrected chi connectivity index (χ4v) is 2.36.